The Balaban J connectivity index is 2.11. The summed E-state index contributed by atoms with van der Waals surface area (Å²) in [5, 5.41) is 0. The summed E-state index contributed by atoms with van der Waals surface area (Å²) in [5.74, 6) is 6.73. The molecule has 0 radical (unpaired) electrons. The zero-order chi connectivity index (χ0) is 12.8. The molecule has 0 saturated heterocycles. The quantitative estimate of drug-likeness (QED) is 0.566. The smallest absolute Gasteiger partial charge is 0.127 e. The van der Waals surface area contributed by atoms with Gasteiger partial charge in [-0.05, 0) is 42.0 Å². The van der Waals surface area contributed by atoms with Crippen LogP contribution in [0, 0.1) is 0 Å². The number of ether oxygens (including phenoxy) is 1. The van der Waals surface area contributed by atoms with Gasteiger partial charge in [0.25, 0.3) is 0 Å². The third-order valence-corrected chi connectivity index (χ3v) is 2.41. The Bertz CT molecular complexity index is 520. The first-order valence-corrected chi connectivity index (χ1v) is 5.54. The number of para-hydroxylation sites is 1. The van der Waals surface area contributed by atoms with Crippen LogP contribution in [0.2, 0.25) is 0 Å². The lowest BCUT2D eigenvalue weighted by Gasteiger charge is -2.07. The normalized spacial score (nSPS) is 11.1. The van der Waals surface area contributed by atoms with Crippen LogP contribution in [0.5, 0.6) is 11.5 Å². The van der Waals surface area contributed by atoms with Crippen LogP contribution in [0.25, 0.3) is 5.70 Å². The fraction of sp³-hybridized carbons (Fsp3) is 0. The summed E-state index contributed by atoms with van der Waals surface area (Å²) in [7, 11) is 0. The molecule has 0 fully saturated rings. The molecule has 92 valence electrons. The third-order valence-electron chi connectivity index (χ3n) is 2.41. The molecule has 5 N–H and O–H groups in total. The average molecular weight is 241 g/mol. The van der Waals surface area contributed by atoms with E-state index in [1.165, 1.54) is 6.20 Å². The molecular weight excluding hydrogens is 226 g/mol. The Morgan fingerprint density at radius 1 is 0.944 bits per heavy atom. The molecule has 0 aromatic heterocycles. The molecule has 2 aromatic carbocycles. The van der Waals surface area contributed by atoms with Gasteiger partial charge in [-0.15, -0.1) is 0 Å². The Morgan fingerprint density at radius 3 is 2.17 bits per heavy atom. The summed E-state index contributed by atoms with van der Waals surface area (Å²) < 4.78 is 5.67. The fourth-order valence-electron chi connectivity index (χ4n) is 1.51. The zero-order valence-corrected chi connectivity index (χ0v) is 9.84. The van der Waals surface area contributed by atoms with Crippen molar-refractivity contribution in [1.29, 1.82) is 0 Å². The van der Waals surface area contributed by atoms with E-state index in [-0.39, 0.29) is 0 Å². The van der Waals surface area contributed by atoms with E-state index < -0.39 is 0 Å². The van der Waals surface area contributed by atoms with E-state index in [9.17, 15) is 0 Å². The predicted octanol–water partition coefficient (Wildman–Crippen LogP) is 2.20. The van der Waals surface area contributed by atoms with Crippen molar-refractivity contribution in [2.24, 2.45) is 11.6 Å². The van der Waals surface area contributed by atoms with Gasteiger partial charge in [-0.3, -0.25) is 5.84 Å². The van der Waals surface area contributed by atoms with Crippen LogP contribution >= 0.6 is 0 Å². The van der Waals surface area contributed by atoms with Crippen LogP contribution in [-0.4, -0.2) is 0 Å². The molecule has 0 atom stereocenters. The second-order valence-electron chi connectivity index (χ2n) is 3.71. The van der Waals surface area contributed by atoms with Crippen LogP contribution < -0.4 is 21.7 Å². The largest absolute Gasteiger partial charge is 0.457 e. The molecule has 4 nitrogen and oxygen atoms in total. The van der Waals surface area contributed by atoms with E-state index in [0.29, 0.717) is 5.70 Å². The monoisotopic (exact) mass is 241 g/mol. The first-order valence-electron chi connectivity index (χ1n) is 5.54. The van der Waals surface area contributed by atoms with Crippen molar-refractivity contribution >= 4 is 5.70 Å². The SMILES string of the molecule is NN/C=C(\N)c1ccc(Oc2ccccc2)cc1. The van der Waals surface area contributed by atoms with Gasteiger partial charge < -0.3 is 15.9 Å². The van der Waals surface area contributed by atoms with Crippen molar-refractivity contribution in [3.05, 3.63) is 66.4 Å². The molecule has 18 heavy (non-hydrogen) atoms. The van der Waals surface area contributed by atoms with Gasteiger partial charge in [-0.25, -0.2) is 0 Å². The first-order chi connectivity index (χ1) is 8.79. The molecule has 0 unspecified atom stereocenters. The Labute approximate surface area is 106 Å². The van der Waals surface area contributed by atoms with Crippen LogP contribution in [0.1, 0.15) is 5.56 Å². The molecule has 0 saturated carbocycles. The maximum Gasteiger partial charge on any atom is 0.127 e. The standard InChI is InChI=1S/C14H15N3O/c15-14(10-17-16)11-6-8-13(9-7-11)18-12-4-2-1-3-5-12/h1-10,17H,15-16H2/b14-10-. The van der Waals surface area contributed by atoms with Crippen LogP contribution in [0.15, 0.2) is 60.8 Å². The number of rotatable bonds is 4. The first kappa shape index (κ1) is 12.0. The fourth-order valence-corrected chi connectivity index (χ4v) is 1.51. The van der Waals surface area contributed by atoms with Gasteiger partial charge in [0.15, 0.2) is 0 Å². The van der Waals surface area contributed by atoms with E-state index in [1.54, 1.807) is 0 Å². The highest BCUT2D eigenvalue weighted by Crippen LogP contribution is 2.22. The van der Waals surface area contributed by atoms with E-state index in [4.69, 9.17) is 16.3 Å². The second-order valence-corrected chi connectivity index (χ2v) is 3.71. The molecular formula is C14H15N3O. The minimum absolute atomic E-state index is 0.573. The lowest BCUT2D eigenvalue weighted by atomic mass is 10.2. The number of nitrogens with two attached hydrogens (primary N) is 2. The van der Waals surface area contributed by atoms with Gasteiger partial charge in [0, 0.05) is 6.20 Å². The van der Waals surface area contributed by atoms with Gasteiger partial charge in [0.05, 0.1) is 5.70 Å². The number of hydrazine groups is 1. The van der Waals surface area contributed by atoms with Gasteiger partial charge in [0.1, 0.15) is 11.5 Å². The Kier molecular flexibility index (Phi) is 3.83. The number of benzene rings is 2. The van der Waals surface area contributed by atoms with E-state index in [1.807, 2.05) is 54.6 Å². The average Bonchev–Trinajstić information content (AvgIpc) is 2.41. The highest BCUT2D eigenvalue weighted by atomic mass is 16.5. The van der Waals surface area contributed by atoms with E-state index in [2.05, 4.69) is 5.43 Å². The van der Waals surface area contributed by atoms with Gasteiger partial charge in [-0.1, -0.05) is 18.2 Å². The number of hydrogen-bond acceptors (Lipinski definition) is 4. The summed E-state index contributed by atoms with van der Waals surface area (Å²) in [6.07, 6.45) is 1.53. The summed E-state index contributed by atoms with van der Waals surface area (Å²) in [6, 6.07) is 17.1. The van der Waals surface area contributed by atoms with Crippen molar-refractivity contribution < 1.29 is 4.74 Å². The van der Waals surface area contributed by atoms with Crippen molar-refractivity contribution in [1.82, 2.24) is 5.43 Å². The molecule has 0 heterocycles. The van der Waals surface area contributed by atoms with E-state index >= 15 is 0 Å². The molecule has 0 amide bonds. The Morgan fingerprint density at radius 2 is 1.56 bits per heavy atom. The summed E-state index contributed by atoms with van der Waals surface area (Å²) >= 11 is 0. The molecule has 0 aliphatic rings. The van der Waals surface area contributed by atoms with Gasteiger partial charge in [0.2, 0.25) is 0 Å². The summed E-state index contributed by atoms with van der Waals surface area (Å²) in [4.78, 5) is 0. The molecule has 0 aliphatic heterocycles. The Hall–Kier alpha value is -2.46. The van der Waals surface area contributed by atoms with Gasteiger partial charge >= 0.3 is 0 Å². The van der Waals surface area contributed by atoms with Crippen molar-refractivity contribution in [3.8, 4) is 11.5 Å². The summed E-state index contributed by atoms with van der Waals surface area (Å²) in [5.41, 5.74) is 9.64. The number of nitrogens with one attached hydrogen (secondary N) is 1. The minimum atomic E-state index is 0.573. The van der Waals surface area contributed by atoms with Crippen molar-refractivity contribution in [2.75, 3.05) is 0 Å². The molecule has 4 heteroatoms. The lowest BCUT2D eigenvalue weighted by molar-refractivity contribution is 0.482. The van der Waals surface area contributed by atoms with E-state index in [0.717, 1.165) is 17.1 Å². The molecule has 2 rings (SSSR count). The number of hydrogen-bond donors (Lipinski definition) is 3. The maximum atomic E-state index is 5.79. The second kappa shape index (κ2) is 5.75. The zero-order valence-electron chi connectivity index (χ0n) is 9.84. The predicted molar refractivity (Wildman–Crippen MR) is 72.4 cm³/mol. The highest BCUT2D eigenvalue weighted by Gasteiger charge is 1.99. The summed E-state index contributed by atoms with van der Waals surface area (Å²) in [6.45, 7) is 0. The van der Waals surface area contributed by atoms with Crippen LogP contribution in [0.4, 0.5) is 0 Å². The van der Waals surface area contributed by atoms with Crippen LogP contribution in [0.3, 0.4) is 0 Å². The third kappa shape index (κ3) is 3.02. The van der Waals surface area contributed by atoms with Crippen LogP contribution in [-0.2, 0) is 0 Å². The van der Waals surface area contributed by atoms with Crippen molar-refractivity contribution in [2.45, 2.75) is 0 Å². The molecule has 0 spiro atoms. The molecule has 2 aromatic rings. The lowest BCUT2D eigenvalue weighted by Crippen LogP contribution is -2.16. The highest BCUT2D eigenvalue weighted by molar-refractivity contribution is 5.62. The molecule has 0 aliphatic carbocycles. The van der Waals surface area contributed by atoms with Crippen molar-refractivity contribution in [3.63, 3.8) is 0 Å². The molecule has 0 bridgehead atoms. The minimum Gasteiger partial charge on any atom is -0.457 e. The maximum absolute atomic E-state index is 5.79. The van der Waals surface area contributed by atoms with Gasteiger partial charge in [-0.2, -0.15) is 0 Å². The topological polar surface area (TPSA) is 73.3 Å².